The standard InChI is InChI=1S/C44H58N4O8.C44H58N4O7.C5H10.3CH4/c1-25-35-20-32(44(35,3)4)21-36(25)46-42(52)39-38(26(2)50)37(24-49)56-48(39)22-28-14-11-15-34(40(28)55-7)29-17-30(19-31(18-29)43(53)54)41(51)45-33(23-47(5)6)16-27-12-9-8-10-13-27;1-26-36-20-33(44(36,3)4)21-37(26)46-43(53)40-39(27(2)51)38(25-50)55-48(40)22-30-14-11-15-35(41(30)54-7)31-16-29(24-49)17-32(19-31)42(52)45-34(23-47(5)6)18-28-12-9-8-10-13-28;1-4-5(2)3;;;/h8-15,17-19,25-26,32-33,35-39,49-50H,16,20-24H2,1-7H3,(H,45,51)(H,46,52)(H,53,54);8-17,19,24,26-27,33-34,36-40,50-51H,18,20-23,25H2,1-7H3,(H,45,52)(H,46,53);4H,1-3H3;3*1H4/t25-,26-,32+,33-,35-,36-,37-,38+,39-;26-,27-,33+,34-,36-,37-,38-,39+,40-;;;;/m00..../s1. The summed E-state index contributed by atoms with van der Waals surface area (Å²) < 4.78 is 12.0. The Morgan fingerprint density at radius 2 is 0.941 bits per heavy atom. The van der Waals surface area contributed by atoms with Crippen molar-refractivity contribution in [3.63, 3.8) is 0 Å². The molecule has 6 aliphatic carbocycles. The molecule has 6 saturated carbocycles. The summed E-state index contributed by atoms with van der Waals surface area (Å²) in [6.45, 7) is 23.7. The Morgan fingerprint density at radius 1 is 0.563 bits per heavy atom. The van der Waals surface area contributed by atoms with Crippen LogP contribution in [0.3, 0.4) is 0 Å². The third kappa shape index (κ3) is 22.7. The van der Waals surface area contributed by atoms with Crippen LogP contribution >= 0.6 is 0 Å². The van der Waals surface area contributed by atoms with Crippen LogP contribution in [0.4, 0.5) is 0 Å². The Bertz CT molecular complexity index is 4400. The first-order chi connectivity index (χ1) is 55.1. The number of carbonyl (C=O) groups is 6. The van der Waals surface area contributed by atoms with E-state index in [4.69, 9.17) is 19.1 Å². The molecule has 119 heavy (non-hydrogen) atoms. The zero-order valence-corrected chi connectivity index (χ0v) is 70.8. The highest BCUT2D eigenvalue weighted by atomic mass is 16.7. The number of rotatable bonds is 30. The zero-order valence-electron chi connectivity index (χ0n) is 70.8. The van der Waals surface area contributed by atoms with Gasteiger partial charge in [0, 0.05) is 88.0 Å². The number of amides is 4. The summed E-state index contributed by atoms with van der Waals surface area (Å²) >= 11 is 0. The molecule has 652 valence electrons. The third-order valence-electron chi connectivity index (χ3n) is 25.9. The normalized spacial score (nSPS) is 25.2. The van der Waals surface area contributed by atoms with Gasteiger partial charge in [0.15, 0.2) is 0 Å². The maximum absolute atomic E-state index is 14.2. The summed E-state index contributed by atoms with van der Waals surface area (Å²) in [5.74, 6) is -0.113. The quantitative estimate of drug-likeness (QED) is 0.0149. The second-order valence-electron chi connectivity index (χ2n) is 35.1. The number of aliphatic hydroxyl groups excluding tert-OH is 4. The maximum Gasteiger partial charge on any atom is 0.335 e. The van der Waals surface area contributed by atoms with Crippen LogP contribution in [-0.4, -0.2) is 211 Å². The fraction of sp³-hybridized carbons (Fsp3) is 0.542. The molecule has 23 heteroatoms. The van der Waals surface area contributed by atoms with Crippen LogP contribution in [0, 0.1) is 58.2 Å². The SMILES string of the molecule is C.C.C.CC=C(C)C.COc1c(CN2O[C@@H](CO)[C@@H]([C@H](C)O)[C@H]2C(=O)N[C@H]2C[C@H]3C[C@@H]([C@@H]2C)C3(C)C)cccc1-c1cc(C(=O)O)cc(C(=O)N[C@@H](Cc2ccccc2)CN(C)C)c1.COc1c(CN2O[C@@H](CO)[C@@H]([C@H](C)O)[C@H]2C(=O)N[C@H]2C[C@H]3C[C@@H]([C@@H]2C)C3(C)C)cccc1-c1cc(C=O)cc(C(=O)N[C@@H](Cc2ccccc2)CN(C)C)c1. The molecule has 2 aliphatic heterocycles. The van der Waals surface area contributed by atoms with Gasteiger partial charge < -0.3 is 66.1 Å². The molecule has 4 bridgehead atoms. The van der Waals surface area contributed by atoms with E-state index >= 15 is 0 Å². The van der Waals surface area contributed by atoms with Gasteiger partial charge in [-0.15, -0.1) is 0 Å². The van der Waals surface area contributed by atoms with Gasteiger partial charge in [-0.2, -0.15) is 10.1 Å². The molecule has 23 nitrogen and oxygen atoms in total. The summed E-state index contributed by atoms with van der Waals surface area (Å²) in [6, 6.07) is 38.3. The number of aldehydes is 1. The molecular weight excluding hydrogens is 1510 g/mol. The number of benzene rings is 6. The number of nitrogens with one attached hydrogen (secondary N) is 4. The molecule has 6 aromatic carbocycles. The van der Waals surface area contributed by atoms with Crippen molar-refractivity contribution in [3.8, 4) is 33.8 Å². The summed E-state index contributed by atoms with van der Waals surface area (Å²) in [7, 11) is 10.9. The molecule has 2 heterocycles. The molecule has 9 N–H and O–H groups in total. The van der Waals surface area contributed by atoms with E-state index in [0.29, 0.717) is 117 Å². The number of carbonyl (C=O) groups excluding carboxylic acids is 5. The molecule has 2 saturated heterocycles. The monoisotopic (exact) mass is 1640 g/mol. The molecule has 8 fully saturated rings. The van der Waals surface area contributed by atoms with Crippen LogP contribution < -0.4 is 30.7 Å². The van der Waals surface area contributed by atoms with E-state index in [0.717, 1.165) is 30.3 Å². The summed E-state index contributed by atoms with van der Waals surface area (Å²) in [6.07, 6.45) is 4.71. The van der Waals surface area contributed by atoms with E-state index in [1.54, 1.807) is 62.4 Å². The number of nitrogens with zero attached hydrogens (tertiary/aromatic N) is 4. The minimum absolute atomic E-state index is 0. The predicted molar refractivity (Wildman–Crippen MR) is 470 cm³/mol. The van der Waals surface area contributed by atoms with Gasteiger partial charge in [-0.25, -0.2) is 4.79 Å². The first kappa shape index (κ1) is 97.4. The van der Waals surface area contributed by atoms with Gasteiger partial charge in [0.05, 0.1) is 58.3 Å². The number of methoxy groups -OCH3 is 2. The van der Waals surface area contributed by atoms with E-state index in [-0.39, 0.29) is 106 Å². The third-order valence-corrected chi connectivity index (χ3v) is 25.9. The minimum atomic E-state index is -1.18. The highest BCUT2D eigenvalue weighted by Gasteiger charge is 2.59. The van der Waals surface area contributed by atoms with E-state index in [1.807, 2.05) is 130 Å². The number of carboxylic acids is 1. The van der Waals surface area contributed by atoms with E-state index in [9.17, 15) is 54.3 Å². The van der Waals surface area contributed by atoms with Crippen molar-refractivity contribution in [2.75, 3.05) is 68.7 Å². The molecule has 18 atom stereocenters. The predicted octanol–water partition coefficient (Wildman–Crippen LogP) is 13.2. The lowest BCUT2D eigenvalue weighted by molar-refractivity contribution is -0.183. The van der Waals surface area contributed by atoms with Gasteiger partial charge in [-0.3, -0.25) is 33.6 Å². The number of fused-ring (bicyclic) bond motifs is 4. The largest absolute Gasteiger partial charge is 0.496 e. The number of hydroxylamine groups is 4. The Balaban J connectivity index is 0.000000303. The van der Waals surface area contributed by atoms with Crippen molar-refractivity contribution < 1.29 is 73.4 Å². The first-order valence-corrected chi connectivity index (χ1v) is 41.1. The molecule has 0 aromatic heterocycles. The van der Waals surface area contributed by atoms with E-state index < -0.39 is 66.8 Å². The molecule has 8 aliphatic rings. The molecular formula is C96H138N8O15. The van der Waals surface area contributed by atoms with Crippen molar-refractivity contribution in [1.82, 2.24) is 41.2 Å². The molecule has 4 amide bonds. The Labute approximate surface area is 707 Å². The van der Waals surface area contributed by atoms with Crippen LogP contribution in [0.2, 0.25) is 0 Å². The topological polar surface area (TPSA) is 302 Å². The summed E-state index contributed by atoms with van der Waals surface area (Å²) in [5, 5.41) is 68.7. The average molecular weight is 1640 g/mol. The second-order valence-corrected chi connectivity index (χ2v) is 35.1. The molecule has 0 radical (unpaired) electrons. The van der Waals surface area contributed by atoms with Crippen molar-refractivity contribution in [2.45, 2.75) is 211 Å². The number of allylic oxidation sites excluding steroid dienone is 2. The number of hydrogen-bond acceptors (Lipinski definition) is 18. The highest BCUT2D eigenvalue weighted by Crippen LogP contribution is 2.62. The molecule has 14 rings (SSSR count). The first-order valence-electron chi connectivity index (χ1n) is 41.1. The second kappa shape index (κ2) is 42.7. The Morgan fingerprint density at radius 3 is 1.27 bits per heavy atom. The van der Waals surface area contributed by atoms with E-state index in [1.165, 1.54) is 42.7 Å². The Kier molecular flexibility index (Phi) is 34.9. The number of aliphatic hydroxyl groups is 4. The molecule has 0 unspecified atom stereocenters. The van der Waals surface area contributed by atoms with Crippen LogP contribution in [0.25, 0.3) is 22.3 Å². The lowest BCUT2D eigenvalue weighted by atomic mass is 9.45. The van der Waals surface area contributed by atoms with Gasteiger partial charge in [0.25, 0.3) is 11.8 Å². The fourth-order valence-electron chi connectivity index (χ4n) is 19.2. The number of ether oxygens (including phenoxy) is 2. The van der Waals surface area contributed by atoms with Crippen molar-refractivity contribution >= 4 is 35.9 Å². The average Bonchev–Trinajstić information content (AvgIpc) is 1.000. The van der Waals surface area contributed by atoms with Crippen LogP contribution in [0.15, 0.2) is 145 Å². The number of carboxylic acid groups (broad SMARTS) is 1. The van der Waals surface area contributed by atoms with Gasteiger partial charge in [0.2, 0.25) is 11.8 Å². The molecule has 0 spiro atoms. The van der Waals surface area contributed by atoms with Crippen LogP contribution in [0.5, 0.6) is 11.5 Å². The van der Waals surface area contributed by atoms with Gasteiger partial charge in [0.1, 0.15) is 42.1 Å². The van der Waals surface area contributed by atoms with Gasteiger partial charge in [-0.1, -0.05) is 173 Å². The summed E-state index contributed by atoms with van der Waals surface area (Å²) in [4.78, 5) is 97.3. The summed E-state index contributed by atoms with van der Waals surface area (Å²) in [5.41, 5.74) is 8.45. The van der Waals surface area contributed by atoms with E-state index in [2.05, 4.69) is 82.7 Å². The lowest BCUT2D eigenvalue weighted by Gasteiger charge is -2.62. The Hall–Kier alpha value is -8.72. The number of para-hydroxylation sites is 2. The maximum atomic E-state index is 14.2. The van der Waals surface area contributed by atoms with Gasteiger partial charge >= 0.3 is 5.97 Å². The minimum Gasteiger partial charge on any atom is -0.496 e. The lowest BCUT2D eigenvalue weighted by Crippen LogP contribution is -2.62. The fourth-order valence-corrected chi connectivity index (χ4v) is 19.2. The van der Waals surface area contributed by atoms with Gasteiger partial charge in [-0.05, 0) is 206 Å². The van der Waals surface area contributed by atoms with Crippen molar-refractivity contribution in [1.29, 1.82) is 0 Å². The number of aromatic carboxylic acids is 1. The van der Waals surface area contributed by atoms with Crippen molar-refractivity contribution in [3.05, 3.63) is 190 Å². The highest BCUT2D eigenvalue weighted by molar-refractivity contribution is 6.00. The zero-order chi connectivity index (χ0) is 84.4. The smallest absolute Gasteiger partial charge is 0.335 e. The van der Waals surface area contributed by atoms with Crippen molar-refractivity contribution in [2.24, 2.45) is 58.2 Å². The van der Waals surface area contributed by atoms with Crippen LogP contribution in [-0.2, 0) is 45.2 Å². The molecule has 6 aromatic rings. The van der Waals surface area contributed by atoms with Crippen LogP contribution in [0.1, 0.15) is 188 Å². The number of hydrogen-bond donors (Lipinski definition) is 9. The number of likely N-dealkylation sites (N-methyl/N-ethyl adjacent to an activating group) is 2.